The Bertz CT molecular complexity index is 290. The minimum Gasteiger partial charge on any atom is -0.461 e. The molecule has 1 fully saturated rings. The molecule has 0 aromatic heterocycles. The lowest BCUT2D eigenvalue weighted by Gasteiger charge is -2.15. The largest absolute Gasteiger partial charge is 0.461 e. The van der Waals surface area contributed by atoms with Crippen LogP contribution in [-0.2, 0) is 19.0 Å². The molecule has 1 aliphatic rings. The van der Waals surface area contributed by atoms with Crippen molar-refractivity contribution in [3.05, 3.63) is 24.5 Å². The number of carbonyl (C=O) groups excluding carboxylic acids is 1. The number of carbonyl (C=O) groups is 1. The third-order valence-corrected chi connectivity index (χ3v) is 1.59. The zero-order valence-corrected chi connectivity index (χ0v) is 8.62. The monoisotopic (exact) mass is 198 g/mol. The van der Waals surface area contributed by atoms with Crippen molar-refractivity contribution in [2.24, 2.45) is 0 Å². The van der Waals surface area contributed by atoms with Crippen LogP contribution in [-0.4, -0.2) is 18.0 Å². The molecule has 0 aliphatic carbocycles. The van der Waals surface area contributed by atoms with Gasteiger partial charge in [0.1, 0.15) is 0 Å². The molecule has 0 spiro atoms. The summed E-state index contributed by atoms with van der Waals surface area (Å²) < 4.78 is 15.4. The van der Waals surface area contributed by atoms with Crippen LogP contribution in [0, 0.1) is 0 Å². The van der Waals surface area contributed by atoms with Gasteiger partial charge in [-0.3, -0.25) is 4.74 Å². The fourth-order valence-corrected chi connectivity index (χ4v) is 0.999. The van der Waals surface area contributed by atoms with Crippen LogP contribution < -0.4 is 0 Å². The standard InChI is InChI=1S/C10H14O4/c1-6(2)8(11)12-9-7(3)13-10(4,5)14-9/h9H,1,3H2,2,4-5H3. The average molecular weight is 198 g/mol. The van der Waals surface area contributed by atoms with E-state index in [1.165, 1.54) is 0 Å². The van der Waals surface area contributed by atoms with E-state index in [0.29, 0.717) is 11.3 Å². The summed E-state index contributed by atoms with van der Waals surface area (Å²) in [5, 5.41) is 0. The van der Waals surface area contributed by atoms with Crippen molar-refractivity contribution < 1.29 is 19.0 Å². The normalized spacial score (nSPS) is 24.2. The highest BCUT2D eigenvalue weighted by atomic mass is 16.8. The van der Waals surface area contributed by atoms with Crippen LogP contribution in [0.3, 0.4) is 0 Å². The van der Waals surface area contributed by atoms with Gasteiger partial charge in [0.15, 0.2) is 5.76 Å². The van der Waals surface area contributed by atoms with E-state index in [-0.39, 0.29) is 0 Å². The molecule has 4 nitrogen and oxygen atoms in total. The van der Waals surface area contributed by atoms with Crippen LogP contribution in [0.1, 0.15) is 20.8 Å². The summed E-state index contributed by atoms with van der Waals surface area (Å²) in [5.41, 5.74) is 0.311. The van der Waals surface area contributed by atoms with E-state index in [0.717, 1.165) is 0 Å². The van der Waals surface area contributed by atoms with E-state index in [4.69, 9.17) is 14.2 Å². The molecule has 78 valence electrons. The van der Waals surface area contributed by atoms with Crippen molar-refractivity contribution in [2.45, 2.75) is 32.8 Å². The van der Waals surface area contributed by atoms with Crippen LogP contribution in [0.4, 0.5) is 0 Å². The fourth-order valence-electron chi connectivity index (χ4n) is 0.999. The molecule has 1 saturated heterocycles. The van der Waals surface area contributed by atoms with Crippen LogP contribution in [0.15, 0.2) is 24.5 Å². The first-order valence-corrected chi connectivity index (χ1v) is 4.24. The van der Waals surface area contributed by atoms with Gasteiger partial charge in [0.25, 0.3) is 6.29 Å². The minimum absolute atomic E-state index is 0.296. The summed E-state index contributed by atoms with van der Waals surface area (Å²) in [6, 6.07) is 0. The van der Waals surface area contributed by atoms with Crippen molar-refractivity contribution in [1.82, 2.24) is 0 Å². The molecule has 0 aromatic rings. The molecular weight excluding hydrogens is 184 g/mol. The van der Waals surface area contributed by atoms with Crippen molar-refractivity contribution in [2.75, 3.05) is 0 Å². The summed E-state index contributed by atoms with van der Waals surface area (Å²) in [6.07, 6.45) is -0.839. The highest BCUT2D eigenvalue weighted by Crippen LogP contribution is 2.30. The minimum atomic E-state index is -0.839. The summed E-state index contributed by atoms with van der Waals surface area (Å²) in [7, 11) is 0. The first-order chi connectivity index (χ1) is 6.32. The highest BCUT2D eigenvalue weighted by Gasteiger charge is 2.39. The second-order valence-electron chi connectivity index (χ2n) is 3.60. The summed E-state index contributed by atoms with van der Waals surface area (Å²) in [5.74, 6) is -1.01. The Hall–Kier alpha value is -1.29. The topological polar surface area (TPSA) is 44.8 Å². The zero-order valence-electron chi connectivity index (χ0n) is 8.62. The quantitative estimate of drug-likeness (QED) is 0.500. The lowest BCUT2D eigenvalue weighted by atomic mass is 10.4. The molecule has 1 atom stereocenters. The molecular formula is C10H14O4. The lowest BCUT2D eigenvalue weighted by Crippen LogP contribution is -2.24. The Morgan fingerprint density at radius 1 is 1.57 bits per heavy atom. The van der Waals surface area contributed by atoms with Crippen molar-refractivity contribution in [1.29, 1.82) is 0 Å². The second kappa shape index (κ2) is 3.46. The molecule has 0 saturated carbocycles. The summed E-state index contributed by atoms with van der Waals surface area (Å²) >= 11 is 0. The molecule has 14 heavy (non-hydrogen) atoms. The first kappa shape index (κ1) is 10.8. The molecule has 0 bridgehead atoms. The van der Waals surface area contributed by atoms with Crippen LogP contribution >= 0.6 is 0 Å². The number of hydrogen-bond acceptors (Lipinski definition) is 4. The molecule has 0 amide bonds. The Morgan fingerprint density at radius 3 is 2.50 bits per heavy atom. The third kappa shape index (κ3) is 2.35. The lowest BCUT2D eigenvalue weighted by molar-refractivity contribution is -0.194. The number of esters is 1. The Balaban J connectivity index is 2.60. The summed E-state index contributed by atoms with van der Waals surface area (Å²) in [4.78, 5) is 11.2. The summed E-state index contributed by atoms with van der Waals surface area (Å²) in [6.45, 7) is 12.0. The van der Waals surface area contributed by atoms with Gasteiger partial charge in [-0.05, 0) is 6.92 Å². The maximum absolute atomic E-state index is 11.2. The maximum atomic E-state index is 11.2. The molecule has 4 heteroatoms. The molecule has 1 rings (SSSR count). The first-order valence-electron chi connectivity index (χ1n) is 4.24. The van der Waals surface area contributed by atoms with Gasteiger partial charge in [-0.15, -0.1) is 0 Å². The van der Waals surface area contributed by atoms with Crippen molar-refractivity contribution in [3.8, 4) is 0 Å². The smallest absolute Gasteiger partial charge is 0.335 e. The molecule has 1 unspecified atom stereocenters. The Labute approximate surface area is 83.1 Å². The number of rotatable bonds is 2. The van der Waals surface area contributed by atoms with E-state index < -0.39 is 18.0 Å². The average Bonchev–Trinajstić information content (AvgIpc) is 2.24. The van der Waals surface area contributed by atoms with Gasteiger partial charge >= 0.3 is 5.97 Å². The van der Waals surface area contributed by atoms with Gasteiger partial charge in [-0.1, -0.05) is 13.2 Å². The zero-order chi connectivity index (χ0) is 10.9. The second-order valence-corrected chi connectivity index (χ2v) is 3.60. The van der Waals surface area contributed by atoms with Gasteiger partial charge in [0, 0.05) is 19.4 Å². The van der Waals surface area contributed by atoms with Crippen molar-refractivity contribution in [3.63, 3.8) is 0 Å². The number of ether oxygens (including phenoxy) is 3. The molecule has 1 heterocycles. The third-order valence-electron chi connectivity index (χ3n) is 1.59. The maximum Gasteiger partial charge on any atom is 0.335 e. The van der Waals surface area contributed by atoms with E-state index in [2.05, 4.69) is 13.2 Å². The van der Waals surface area contributed by atoms with E-state index in [1.54, 1.807) is 20.8 Å². The van der Waals surface area contributed by atoms with E-state index >= 15 is 0 Å². The Kier molecular flexibility index (Phi) is 2.66. The van der Waals surface area contributed by atoms with Crippen LogP contribution in [0.2, 0.25) is 0 Å². The molecule has 0 aromatic carbocycles. The predicted molar refractivity (Wildman–Crippen MR) is 50.1 cm³/mol. The van der Waals surface area contributed by atoms with E-state index in [1.807, 2.05) is 0 Å². The molecule has 1 aliphatic heterocycles. The Morgan fingerprint density at radius 2 is 2.14 bits per heavy atom. The van der Waals surface area contributed by atoms with E-state index in [9.17, 15) is 4.79 Å². The van der Waals surface area contributed by atoms with Crippen molar-refractivity contribution >= 4 is 5.97 Å². The fraction of sp³-hybridized carbons (Fsp3) is 0.500. The van der Waals surface area contributed by atoms with Gasteiger partial charge in [0.2, 0.25) is 5.79 Å². The van der Waals surface area contributed by atoms with Gasteiger partial charge in [0.05, 0.1) is 0 Å². The molecule has 0 N–H and O–H groups in total. The van der Waals surface area contributed by atoms with Gasteiger partial charge in [-0.2, -0.15) is 0 Å². The molecule has 0 radical (unpaired) electrons. The van der Waals surface area contributed by atoms with Crippen LogP contribution in [0.25, 0.3) is 0 Å². The van der Waals surface area contributed by atoms with Crippen LogP contribution in [0.5, 0.6) is 0 Å². The SMILES string of the molecule is C=C(C)C(=O)OC1OC(C)(C)OC1=C. The van der Waals surface area contributed by atoms with Gasteiger partial charge < -0.3 is 9.47 Å². The highest BCUT2D eigenvalue weighted by molar-refractivity contribution is 5.87. The van der Waals surface area contributed by atoms with Gasteiger partial charge in [-0.25, -0.2) is 4.79 Å². The number of hydrogen-bond donors (Lipinski definition) is 0. The predicted octanol–water partition coefficient (Wildman–Crippen LogP) is 1.73.